The molecule has 2 aliphatic rings. The SMILES string of the molecule is Cc1c(C(C)Nc2nn(C)c(=O)c3c(N4CC[C@@H](N(C(=O)O)C(C)(C)C)C4)c(=O)n(C4CC4)cc23)cccc1C(F)(F)F. The van der Waals surface area contributed by atoms with E-state index in [4.69, 9.17) is 0 Å². The van der Waals surface area contributed by atoms with E-state index < -0.39 is 41.0 Å². The lowest BCUT2D eigenvalue weighted by Gasteiger charge is -2.38. The van der Waals surface area contributed by atoms with E-state index in [1.54, 1.807) is 28.7 Å². The quantitative estimate of drug-likeness (QED) is 0.395. The number of amides is 1. The monoisotopic (exact) mass is 602 g/mol. The summed E-state index contributed by atoms with van der Waals surface area (Å²) in [5.74, 6) is 0.259. The molecule has 1 saturated carbocycles. The van der Waals surface area contributed by atoms with Crippen molar-refractivity contribution in [3.63, 3.8) is 0 Å². The molecule has 232 valence electrons. The fourth-order valence-electron chi connectivity index (χ4n) is 6.31. The molecule has 0 spiro atoms. The summed E-state index contributed by atoms with van der Waals surface area (Å²) in [5.41, 5.74) is -1.51. The van der Waals surface area contributed by atoms with Crippen LogP contribution in [0.4, 0.5) is 29.5 Å². The van der Waals surface area contributed by atoms with E-state index in [9.17, 15) is 32.7 Å². The van der Waals surface area contributed by atoms with Crippen molar-refractivity contribution in [3.8, 4) is 0 Å². The zero-order valence-electron chi connectivity index (χ0n) is 25.1. The summed E-state index contributed by atoms with van der Waals surface area (Å²) in [6.45, 7) is 9.19. The molecule has 1 aliphatic carbocycles. The van der Waals surface area contributed by atoms with Crippen molar-refractivity contribution in [2.24, 2.45) is 7.05 Å². The number of carboxylic acid groups (broad SMARTS) is 1. The molecule has 1 aromatic carbocycles. The Hall–Kier alpha value is -4.03. The Morgan fingerprint density at radius 2 is 1.81 bits per heavy atom. The van der Waals surface area contributed by atoms with Crippen LogP contribution in [0.2, 0.25) is 0 Å². The largest absolute Gasteiger partial charge is 0.465 e. The Kier molecular flexibility index (Phi) is 7.50. The minimum Gasteiger partial charge on any atom is -0.465 e. The minimum atomic E-state index is -4.51. The van der Waals surface area contributed by atoms with E-state index in [0.717, 1.165) is 23.6 Å². The van der Waals surface area contributed by atoms with Crippen molar-refractivity contribution in [1.29, 1.82) is 0 Å². The molecule has 13 heteroatoms. The van der Waals surface area contributed by atoms with Crippen LogP contribution >= 0.6 is 0 Å². The zero-order chi connectivity index (χ0) is 31.6. The first kappa shape index (κ1) is 30.4. The van der Waals surface area contributed by atoms with Crippen LogP contribution in [-0.4, -0.2) is 55.1 Å². The molecule has 3 aromatic rings. The Balaban J connectivity index is 1.63. The zero-order valence-corrected chi connectivity index (χ0v) is 25.1. The minimum absolute atomic E-state index is 0.0424. The average Bonchev–Trinajstić information content (AvgIpc) is 3.63. The number of nitrogens with one attached hydrogen (secondary N) is 1. The molecule has 5 rings (SSSR count). The molecule has 10 nitrogen and oxygen atoms in total. The number of halogens is 3. The molecule has 2 aromatic heterocycles. The number of anilines is 2. The molecule has 43 heavy (non-hydrogen) atoms. The number of carbonyl (C=O) groups is 1. The molecule has 2 N–H and O–H groups in total. The highest BCUT2D eigenvalue weighted by Gasteiger charge is 2.39. The van der Waals surface area contributed by atoms with Crippen molar-refractivity contribution in [2.75, 3.05) is 23.3 Å². The van der Waals surface area contributed by atoms with Gasteiger partial charge in [0.25, 0.3) is 11.1 Å². The van der Waals surface area contributed by atoms with Crippen LogP contribution in [0.25, 0.3) is 10.8 Å². The molecule has 1 unspecified atom stereocenters. The van der Waals surface area contributed by atoms with E-state index in [1.807, 2.05) is 20.8 Å². The van der Waals surface area contributed by atoms with E-state index in [1.165, 1.54) is 24.9 Å². The van der Waals surface area contributed by atoms with Crippen molar-refractivity contribution in [1.82, 2.24) is 19.2 Å². The van der Waals surface area contributed by atoms with Crippen LogP contribution in [0.5, 0.6) is 0 Å². The highest BCUT2D eigenvalue weighted by Crippen LogP contribution is 2.39. The van der Waals surface area contributed by atoms with Crippen molar-refractivity contribution < 1.29 is 23.1 Å². The first-order valence-electron chi connectivity index (χ1n) is 14.4. The van der Waals surface area contributed by atoms with E-state index in [-0.39, 0.29) is 40.6 Å². The van der Waals surface area contributed by atoms with Gasteiger partial charge in [0.15, 0.2) is 5.82 Å². The van der Waals surface area contributed by atoms with E-state index in [2.05, 4.69) is 10.4 Å². The number of aromatic nitrogens is 3. The lowest BCUT2D eigenvalue weighted by atomic mass is 9.97. The van der Waals surface area contributed by atoms with Crippen LogP contribution in [0.1, 0.15) is 75.7 Å². The molecule has 1 amide bonds. The van der Waals surface area contributed by atoms with Crippen LogP contribution in [0.15, 0.2) is 34.0 Å². The summed E-state index contributed by atoms with van der Waals surface area (Å²) in [6.07, 6.45) is -1.87. The second-order valence-electron chi connectivity index (χ2n) is 12.6. The third kappa shape index (κ3) is 5.56. The number of nitrogens with zero attached hydrogens (tertiary/aromatic N) is 5. The normalized spacial score (nSPS) is 18.3. The number of alkyl halides is 3. The lowest BCUT2D eigenvalue weighted by molar-refractivity contribution is -0.138. The van der Waals surface area contributed by atoms with Gasteiger partial charge in [-0.3, -0.25) is 14.5 Å². The average molecular weight is 603 g/mol. The van der Waals surface area contributed by atoms with Gasteiger partial charge in [-0.2, -0.15) is 18.3 Å². The fourth-order valence-corrected chi connectivity index (χ4v) is 6.31. The van der Waals surface area contributed by atoms with E-state index >= 15 is 0 Å². The topological polar surface area (TPSA) is 113 Å². The standard InChI is InChI=1S/C30H37F3N6O4/c1-16-20(8-7-9-22(16)30(31,32)33)17(2)34-25-21-15-38(18-10-11-18)27(41)24(23(21)26(40)36(6)35-25)37-13-12-19(14-37)39(28(42)43)29(3,4)5/h7-9,15,17-19H,10-14H2,1-6H3,(H,34,35)(H,42,43)/t17?,19-/m1/s1. The highest BCUT2D eigenvalue weighted by molar-refractivity contribution is 5.99. The summed E-state index contributed by atoms with van der Waals surface area (Å²) < 4.78 is 43.6. The van der Waals surface area contributed by atoms with Gasteiger partial charge in [0.2, 0.25) is 0 Å². The number of hydrogen-bond donors (Lipinski definition) is 2. The molecule has 3 heterocycles. The fraction of sp³-hybridized carbons (Fsp3) is 0.533. The van der Waals surface area contributed by atoms with E-state index in [0.29, 0.717) is 23.9 Å². The van der Waals surface area contributed by atoms with Gasteiger partial charge in [-0.15, -0.1) is 0 Å². The third-order valence-corrected chi connectivity index (χ3v) is 8.44. The number of benzene rings is 1. The van der Waals surface area contributed by atoms with Gasteiger partial charge in [0.05, 0.1) is 28.4 Å². The number of fused-ring (bicyclic) bond motifs is 1. The smallest absolute Gasteiger partial charge is 0.416 e. The van der Waals surface area contributed by atoms with Crippen molar-refractivity contribution >= 4 is 28.4 Å². The summed E-state index contributed by atoms with van der Waals surface area (Å²) in [6, 6.07) is 2.97. The predicted molar refractivity (Wildman–Crippen MR) is 158 cm³/mol. The maximum atomic E-state index is 13.9. The Labute approximate surface area is 246 Å². The van der Waals surface area contributed by atoms with Crippen molar-refractivity contribution in [3.05, 3.63) is 61.8 Å². The second kappa shape index (κ2) is 10.6. The van der Waals surface area contributed by atoms with Crippen LogP contribution < -0.4 is 21.3 Å². The number of hydrogen-bond acceptors (Lipinski definition) is 6. The number of rotatable bonds is 6. The van der Waals surface area contributed by atoms with Crippen LogP contribution in [0, 0.1) is 6.92 Å². The molecule has 0 radical (unpaired) electrons. The molecule has 1 saturated heterocycles. The van der Waals surface area contributed by atoms with Gasteiger partial charge < -0.3 is 19.9 Å². The van der Waals surface area contributed by atoms with Gasteiger partial charge >= 0.3 is 12.3 Å². The Morgan fingerprint density at radius 3 is 2.40 bits per heavy atom. The van der Waals surface area contributed by atoms with Gasteiger partial charge in [-0.05, 0) is 71.1 Å². The first-order valence-corrected chi connectivity index (χ1v) is 14.4. The first-order chi connectivity index (χ1) is 20.0. The number of aryl methyl sites for hydroxylation is 1. The summed E-state index contributed by atoms with van der Waals surface area (Å²) >= 11 is 0. The van der Waals surface area contributed by atoms with Crippen LogP contribution in [0.3, 0.4) is 0 Å². The van der Waals surface area contributed by atoms with Gasteiger partial charge in [0.1, 0.15) is 5.69 Å². The lowest BCUT2D eigenvalue weighted by Crippen LogP contribution is -2.52. The maximum absolute atomic E-state index is 13.9. The summed E-state index contributed by atoms with van der Waals surface area (Å²) in [7, 11) is 1.46. The molecule has 1 aliphatic heterocycles. The third-order valence-electron chi connectivity index (χ3n) is 8.44. The van der Waals surface area contributed by atoms with Gasteiger partial charge in [-0.25, -0.2) is 9.48 Å². The summed E-state index contributed by atoms with van der Waals surface area (Å²) in [5, 5.41) is 18.1. The molecule has 2 fully saturated rings. The van der Waals surface area contributed by atoms with Gasteiger partial charge in [0, 0.05) is 37.9 Å². The van der Waals surface area contributed by atoms with Crippen LogP contribution in [-0.2, 0) is 13.2 Å². The highest BCUT2D eigenvalue weighted by atomic mass is 19.4. The summed E-state index contributed by atoms with van der Waals surface area (Å²) in [4.78, 5) is 42.9. The Bertz CT molecular complexity index is 1700. The number of pyridine rings is 1. The predicted octanol–water partition coefficient (Wildman–Crippen LogP) is 5.29. The molecular formula is C30H37F3N6O4. The van der Waals surface area contributed by atoms with Crippen molar-refractivity contribution in [2.45, 2.75) is 83.7 Å². The molecule has 2 atom stereocenters. The molecular weight excluding hydrogens is 565 g/mol. The molecule has 0 bridgehead atoms. The maximum Gasteiger partial charge on any atom is 0.416 e. The van der Waals surface area contributed by atoms with Gasteiger partial charge in [-0.1, -0.05) is 12.1 Å². The second-order valence-corrected chi connectivity index (χ2v) is 12.6. The Morgan fingerprint density at radius 1 is 1.14 bits per heavy atom.